The minimum Gasteiger partial charge on any atom is -0.298 e. The van der Waals surface area contributed by atoms with Crippen LogP contribution in [-0.4, -0.2) is 11.3 Å². The summed E-state index contributed by atoms with van der Waals surface area (Å²) >= 11 is 3.41. The van der Waals surface area contributed by atoms with Gasteiger partial charge in [0.2, 0.25) is 0 Å². The van der Waals surface area contributed by atoms with Crippen molar-refractivity contribution in [2.75, 3.05) is 0 Å². The molecule has 1 aromatic heterocycles. The minimum absolute atomic E-state index is 0.620. The summed E-state index contributed by atoms with van der Waals surface area (Å²) in [6.45, 7) is 0. The lowest BCUT2D eigenvalue weighted by Crippen LogP contribution is -1.91. The number of rotatable bonds is 3. The Bertz CT molecular complexity index is 511. The fraction of sp³-hybridized carbons (Fsp3) is 0.0769. The maximum atomic E-state index is 10.9. The molecular formula is C13H10BrNO. The van der Waals surface area contributed by atoms with E-state index in [1.807, 2.05) is 24.3 Å². The van der Waals surface area contributed by atoms with Crippen molar-refractivity contribution >= 4 is 22.2 Å². The van der Waals surface area contributed by atoms with Gasteiger partial charge in [0, 0.05) is 22.7 Å². The molecule has 3 heteroatoms. The third-order valence-electron chi connectivity index (χ3n) is 2.32. The summed E-state index contributed by atoms with van der Waals surface area (Å²) in [6, 6.07) is 11.5. The van der Waals surface area contributed by atoms with Crippen LogP contribution in [0.3, 0.4) is 0 Å². The SMILES string of the molecule is O=Cc1cccnc1-c1cccc(CBr)c1. The topological polar surface area (TPSA) is 30.0 Å². The van der Waals surface area contributed by atoms with Gasteiger partial charge in [-0.3, -0.25) is 9.78 Å². The van der Waals surface area contributed by atoms with Gasteiger partial charge in [-0.15, -0.1) is 0 Å². The maximum Gasteiger partial charge on any atom is 0.152 e. The van der Waals surface area contributed by atoms with Crippen LogP contribution in [0.5, 0.6) is 0 Å². The van der Waals surface area contributed by atoms with E-state index < -0.39 is 0 Å². The summed E-state index contributed by atoms with van der Waals surface area (Å²) in [5.41, 5.74) is 3.49. The second-order valence-corrected chi connectivity index (χ2v) is 3.95. The molecule has 0 atom stereocenters. The Morgan fingerprint density at radius 2 is 2.12 bits per heavy atom. The quantitative estimate of drug-likeness (QED) is 0.634. The monoisotopic (exact) mass is 275 g/mol. The van der Waals surface area contributed by atoms with Gasteiger partial charge in [-0.2, -0.15) is 0 Å². The van der Waals surface area contributed by atoms with Gasteiger partial charge in [0.05, 0.1) is 5.69 Å². The van der Waals surface area contributed by atoms with E-state index in [4.69, 9.17) is 0 Å². The Balaban J connectivity index is 2.53. The van der Waals surface area contributed by atoms with Gasteiger partial charge in [-0.05, 0) is 23.8 Å². The Labute approximate surface area is 102 Å². The van der Waals surface area contributed by atoms with Crippen molar-refractivity contribution in [1.29, 1.82) is 0 Å². The van der Waals surface area contributed by atoms with Crippen LogP contribution in [0.25, 0.3) is 11.3 Å². The maximum absolute atomic E-state index is 10.9. The Kier molecular flexibility index (Phi) is 3.47. The van der Waals surface area contributed by atoms with Gasteiger partial charge in [0.25, 0.3) is 0 Å². The van der Waals surface area contributed by atoms with Gasteiger partial charge in [-0.25, -0.2) is 0 Å². The number of aromatic nitrogens is 1. The smallest absolute Gasteiger partial charge is 0.152 e. The number of nitrogens with zero attached hydrogens (tertiary/aromatic N) is 1. The van der Waals surface area contributed by atoms with Crippen LogP contribution < -0.4 is 0 Å². The van der Waals surface area contributed by atoms with E-state index in [9.17, 15) is 4.79 Å². The number of halogens is 1. The highest BCUT2D eigenvalue weighted by Crippen LogP contribution is 2.21. The first-order valence-corrected chi connectivity index (χ1v) is 6.03. The summed E-state index contributed by atoms with van der Waals surface area (Å²) in [5.74, 6) is 0. The van der Waals surface area contributed by atoms with E-state index in [2.05, 4.69) is 20.9 Å². The number of hydrogen-bond acceptors (Lipinski definition) is 2. The molecular weight excluding hydrogens is 266 g/mol. The van der Waals surface area contributed by atoms with Gasteiger partial charge in [-0.1, -0.05) is 34.1 Å². The van der Waals surface area contributed by atoms with Crippen LogP contribution >= 0.6 is 15.9 Å². The lowest BCUT2D eigenvalue weighted by Gasteiger charge is -2.04. The summed E-state index contributed by atoms with van der Waals surface area (Å²) in [6.07, 6.45) is 2.53. The van der Waals surface area contributed by atoms with E-state index in [0.717, 1.165) is 22.9 Å². The van der Waals surface area contributed by atoms with Crippen LogP contribution in [0.2, 0.25) is 0 Å². The van der Waals surface area contributed by atoms with Crippen LogP contribution in [0.1, 0.15) is 15.9 Å². The van der Waals surface area contributed by atoms with Gasteiger partial charge >= 0.3 is 0 Å². The fourth-order valence-electron chi connectivity index (χ4n) is 1.56. The number of carbonyl (C=O) groups is 1. The van der Waals surface area contributed by atoms with E-state index in [1.165, 1.54) is 5.56 Å². The molecule has 0 aliphatic heterocycles. The molecule has 16 heavy (non-hydrogen) atoms. The standard InChI is InChI=1S/C13H10BrNO/c14-8-10-3-1-4-11(7-10)13-12(9-16)5-2-6-15-13/h1-7,9H,8H2. The molecule has 2 aromatic rings. The van der Waals surface area contributed by atoms with E-state index in [1.54, 1.807) is 18.3 Å². The highest BCUT2D eigenvalue weighted by molar-refractivity contribution is 9.08. The third-order valence-corrected chi connectivity index (χ3v) is 2.97. The number of carbonyl (C=O) groups excluding carboxylic acids is 1. The van der Waals surface area contributed by atoms with Crippen LogP contribution in [0.4, 0.5) is 0 Å². The van der Waals surface area contributed by atoms with Gasteiger partial charge < -0.3 is 0 Å². The summed E-state index contributed by atoms with van der Waals surface area (Å²) in [7, 11) is 0. The van der Waals surface area contributed by atoms with Crippen LogP contribution in [0.15, 0.2) is 42.6 Å². The van der Waals surface area contributed by atoms with Crippen molar-refractivity contribution in [2.24, 2.45) is 0 Å². The first-order chi connectivity index (χ1) is 7.85. The summed E-state index contributed by atoms with van der Waals surface area (Å²) < 4.78 is 0. The zero-order valence-electron chi connectivity index (χ0n) is 8.56. The van der Waals surface area contributed by atoms with Crippen molar-refractivity contribution < 1.29 is 4.79 Å². The average Bonchev–Trinajstić information content (AvgIpc) is 2.38. The van der Waals surface area contributed by atoms with E-state index in [0.29, 0.717) is 5.56 Å². The first-order valence-electron chi connectivity index (χ1n) is 4.90. The summed E-state index contributed by atoms with van der Waals surface area (Å²) in [5, 5.41) is 0.796. The van der Waals surface area contributed by atoms with Gasteiger partial charge in [0.1, 0.15) is 0 Å². The number of benzene rings is 1. The second-order valence-electron chi connectivity index (χ2n) is 3.39. The Morgan fingerprint density at radius 3 is 2.88 bits per heavy atom. The fourth-order valence-corrected chi connectivity index (χ4v) is 1.90. The first kappa shape index (κ1) is 11.0. The van der Waals surface area contributed by atoms with Crippen molar-refractivity contribution in [3.8, 4) is 11.3 Å². The van der Waals surface area contributed by atoms with Crippen molar-refractivity contribution in [3.05, 3.63) is 53.7 Å². The van der Waals surface area contributed by atoms with Crippen molar-refractivity contribution in [3.63, 3.8) is 0 Å². The highest BCUT2D eigenvalue weighted by Gasteiger charge is 2.05. The molecule has 0 fully saturated rings. The molecule has 80 valence electrons. The molecule has 0 unspecified atom stereocenters. The zero-order chi connectivity index (χ0) is 11.4. The molecule has 1 heterocycles. The lowest BCUT2D eigenvalue weighted by atomic mass is 10.0. The molecule has 0 saturated heterocycles. The van der Waals surface area contributed by atoms with Crippen LogP contribution in [0, 0.1) is 0 Å². The predicted octanol–water partition coefficient (Wildman–Crippen LogP) is 3.46. The molecule has 0 saturated carbocycles. The zero-order valence-corrected chi connectivity index (χ0v) is 10.1. The Morgan fingerprint density at radius 1 is 1.25 bits per heavy atom. The molecule has 1 aromatic carbocycles. The molecule has 0 aliphatic rings. The average molecular weight is 276 g/mol. The molecule has 0 aliphatic carbocycles. The highest BCUT2D eigenvalue weighted by atomic mass is 79.9. The Hall–Kier alpha value is -1.48. The van der Waals surface area contributed by atoms with Gasteiger partial charge in [0.15, 0.2) is 6.29 Å². The predicted molar refractivity (Wildman–Crippen MR) is 67.7 cm³/mol. The van der Waals surface area contributed by atoms with Crippen LogP contribution in [-0.2, 0) is 5.33 Å². The second kappa shape index (κ2) is 5.03. The number of pyridine rings is 1. The largest absolute Gasteiger partial charge is 0.298 e. The minimum atomic E-state index is 0.620. The molecule has 0 amide bonds. The molecule has 2 nitrogen and oxygen atoms in total. The normalized spacial score (nSPS) is 10.1. The summed E-state index contributed by atoms with van der Waals surface area (Å²) in [4.78, 5) is 15.2. The molecule has 0 bridgehead atoms. The number of aldehydes is 1. The molecule has 0 radical (unpaired) electrons. The lowest BCUT2D eigenvalue weighted by molar-refractivity contribution is 0.112. The van der Waals surface area contributed by atoms with E-state index >= 15 is 0 Å². The third kappa shape index (κ3) is 2.19. The molecule has 0 N–H and O–H groups in total. The number of hydrogen-bond donors (Lipinski definition) is 0. The van der Waals surface area contributed by atoms with Crippen molar-refractivity contribution in [1.82, 2.24) is 4.98 Å². The van der Waals surface area contributed by atoms with Crippen molar-refractivity contribution in [2.45, 2.75) is 5.33 Å². The number of alkyl halides is 1. The molecule has 2 rings (SSSR count). The molecule has 0 spiro atoms. The van der Waals surface area contributed by atoms with E-state index in [-0.39, 0.29) is 0 Å².